The lowest BCUT2D eigenvalue weighted by Crippen LogP contribution is -2.52. The first-order chi connectivity index (χ1) is 15.1. The van der Waals surface area contributed by atoms with E-state index in [9.17, 15) is 23.1 Å². The van der Waals surface area contributed by atoms with Crippen LogP contribution in [-0.4, -0.2) is 45.6 Å². The number of nitrogens with zero attached hydrogens (tertiary/aromatic N) is 2. The maximum Gasteiger partial charge on any atom is 0.381 e. The summed E-state index contributed by atoms with van der Waals surface area (Å²) in [5.74, 6) is 0.0199. The molecule has 2 aliphatic rings. The molecular weight excluding hydrogens is 498 g/mol. The molecule has 9 nitrogen and oxygen atoms in total. The lowest BCUT2D eigenvalue weighted by molar-refractivity contribution is -0.193. The number of fused-ring (bicyclic) bond motifs is 1. The van der Waals surface area contributed by atoms with Gasteiger partial charge >= 0.3 is 12.4 Å². The van der Waals surface area contributed by atoms with Crippen molar-refractivity contribution in [3.05, 3.63) is 51.5 Å². The van der Waals surface area contributed by atoms with Crippen LogP contribution in [0.15, 0.2) is 35.3 Å². The normalized spacial score (nSPS) is 32.0. The molecule has 3 N–H and O–H groups in total. The number of aromatic nitrogens is 2. The zero-order chi connectivity index (χ0) is 23.3. The fraction of sp³-hybridized carbons (Fsp3) is 0.412. The first-order valence-electron chi connectivity index (χ1n) is 9.05. The van der Waals surface area contributed by atoms with E-state index in [4.69, 9.17) is 47.4 Å². The second kappa shape index (κ2) is 8.56. The van der Waals surface area contributed by atoms with E-state index in [1.807, 2.05) is 0 Å². The molecule has 32 heavy (non-hydrogen) atoms. The molecular formula is C17H16ClF3N3O6PS. The third-order valence-corrected chi connectivity index (χ3v) is 7.46. The van der Waals surface area contributed by atoms with Gasteiger partial charge in [0.1, 0.15) is 17.7 Å². The van der Waals surface area contributed by atoms with E-state index in [-0.39, 0.29) is 17.4 Å². The molecule has 1 saturated heterocycles. The highest BCUT2D eigenvalue weighted by Gasteiger charge is 2.62. The average molecular weight is 514 g/mol. The summed E-state index contributed by atoms with van der Waals surface area (Å²) in [6.45, 7) is -4.64. The standard InChI is InChI=1S/C17H16ClF3N3O6PS/c18-9-5-24(16(26)23-13(9)22)14-11(19)12(25)17(29-14,15(20)21)7-28-31(32)27-6-8-3-1-2-4-10(8)30-31/h1-5,11-12,14-15,25H,6-7H2,(H2,22,23,26)/t11-,12+,14-,17-,31?/m1/s1. The Morgan fingerprint density at radius 2 is 2.19 bits per heavy atom. The van der Waals surface area contributed by atoms with E-state index < -0.39 is 49.5 Å². The molecule has 5 atom stereocenters. The number of halogens is 4. The molecule has 0 radical (unpaired) electrons. The van der Waals surface area contributed by atoms with Crippen molar-refractivity contribution in [2.45, 2.75) is 37.1 Å². The Morgan fingerprint density at radius 1 is 1.47 bits per heavy atom. The van der Waals surface area contributed by atoms with Gasteiger partial charge in [0.15, 0.2) is 18.0 Å². The summed E-state index contributed by atoms with van der Waals surface area (Å²) < 4.78 is 65.1. The van der Waals surface area contributed by atoms with Crippen molar-refractivity contribution in [2.24, 2.45) is 0 Å². The highest BCUT2D eigenvalue weighted by Crippen LogP contribution is 2.56. The molecule has 0 aliphatic carbocycles. The summed E-state index contributed by atoms with van der Waals surface area (Å²) in [7, 11) is 0. The molecule has 1 unspecified atom stereocenters. The van der Waals surface area contributed by atoms with E-state index in [1.165, 1.54) is 0 Å². The number of rotatable bonds is 5. The number of para-hydroxylation sites is 1. The Balaban J connectivity index is 1.59. The van der Waals surface area contributed by atoms with Gasteiger partial charge in [0.2, 0.25) is 0 Å². The fourth-order valence-electron chi connectivity index (χ4n) is 3.25. The first-order valence-corrected chi connectivity index (χ1v) is 12.0. The van der Waals surface area contributed by atoms with E-state index in [1.54, 1.807) is 24.3 Å². The molecule has 174 valence electrons. The third kappa shape index (κ3) is 4.03. The number of alkyl halides is 3. The average Bonchev–Trinajstić information content (AvgIpc) is 3.01. The van der Waals surface area contributed by atoms with Crippen LogP contribution in [0.1, 0.15) is 11.8 Å². The zero-order valence-electron chi connectivity index (χ0n) is 15.9. The van der Waals surface area contributed by atoms with Crippen LogP contribution in [-0.2, 0) is 32.2 Å². The van der Waals surface area contributed by atoms with Crippen molar-refractivity contribution in [3.63, 3.8) is 0 Å². The number of nitrogens with two attached hydrogens (primary N) is 1. The van der Waals surface area contributed by atoms with Crippen LogP contribution in [0.5, 0.6) is 5.75 Å². The maximum absolute atomic E-state index is 14.9. The van der Waals surface area contributed by atoms with Gasteiger partial charge in [-0.15, -0.1) is 0 Å². The number of hydrogen-bond donors (Lipinski definition) is 2. The van der Waals surface area contributed by atoms with Crippen molar-refractivity contribution in [2.75, 3.05) is 12.3 Å². The van der Waals surface area contributed by atoms with Crippen LogP contribution in [0, 0.1) is 0 Å². The highest BCUT2D eigenvalue weighted by atomic mass is 35.5. The fourth-order valence-corrected chi connectivity index (χ4v) is 5.21. The first kappa shape index (κ1) is 23.4. The molecule has 0 saturated carbocycles. The van der Waals surface area contributed by atoms with Crippen molar-refractivity contribution in [1.29, 1.82) is 0 Å². The van der Waals surface area contributed by atoms with Gasteiger partial charge in [-0.25, -0.2) is 18.0 Å². The minimum Gasteiger partial charge on any atom is -0.424 e. The maximum atomic E-state index is 14.9. The summed E-state index contributed by atoms with van der Waals surface area (Å²) >= 11 is 11.0. The van der Waals surface area contributed by atoms with Crippen LogP contribution in [0.2, 0.25) is 5.02 Å². The molecule has 1 aromatic carbocycles. The quantitative estimate of drug-likeness (QED) is 0.581. The molecule has 4 rings (SSSR count). The number of nitrogen functional groups attached to an aromatic ring is 1. The van der Waals surface area contributed by atoms with E-state index >= 15 is 0 Å². The van der Waals surface area contributed by atoms with Crippen LogP contribution >= 0.6 is 18.3 Å². The molecule has 2 aromatic rings. The SMILES string of the molecule is Nc1nc(=O)n([C@@H]2O[C@@](COP3(=S)OCc4ccccc4O3)(C(F)F)[C@@H](O)[C@H]2F)cc1Cl. The van der Waals surface area contributed by atoms with Crippen LogP contribution in [0.25, 0.3) is 0 Å². The van der Waals surface area contributed by atoms with Crippen molar-refractivity contribution < 1.29 is 36.6 Å². The summed E-state index contributed by atoms with van der Waals surface area (Å²) in [5, 5.41) is 10.1. The van der Waals surface area contributed by atoms with Gasteiger partial charge < -0.3 is 20.1 Å². The largest absolute Gasteiger partial charge is 0.424 e. The Kier molecular flexibility index (Phi) is 6.27. The van der Waals surface area contributed by atoms with Gasteiger partial charge in [-0.2, -0.15) is 4.98 Å². The Morgan fingerprint density at radius 3 is 2.91 bits per heavy atom. The Bertz CT molecular complexity index is 1140. The molecule has 15 heteroatoms. The molecule has 1 aromatic heterocycles. The number of aliphatic hydroxyl groups excluding tert-OH is 1. The second-order valence-corrected chi connectivity index (χ2v) is 10.4. The molecule has 3 heterocycles. The molecule has 0 amide bonds. The summed E-state index contributed by atoms with van der Waals surface area (Å²) in [4.78, 5) is 15.5. The monoisotopic (exact) mass is 513 g/mol. The minimum atomic E-state index is -3.57. The van der Waals surface area contributed by atoms with E-state index in [0.717, 1.165) is 6.20 Å². The van der Waals surface area contributed by atoms with Gasteiger partial charge in [-0.1, -0.05) is 29.8 Å². The number of ether oxygens (including phenoxy) is 1. The van der Waals surface area contributed by atoms with Crippen LogP contribution in [0.4, 0.5) is 19.0 Å². The predicted octanol–water partition coefficient (Wildman–Crippen LogP) is 2.56. The molecule has 0 spiro atoms. The topological polar surface area (TPSA) is 118 Å². The predicted molar refractivity (Wildman–Crippen MR) is 110 cm³/mol. The smallest absolute Gasteiger partial charge is 0.381 e. The van der Waals surface area contributed by atoms with Crippen molar-refractivity contribution in [3.8, 4) is 5.75 Å². The van der Waals surface area contributed by atoms with E-state index in [2.05, 4.69) is 4.98 Å². The zero-order valence-corrected chi connectivity index (χ0v) is 18.4. The van der Waals surface area contributed by atoms with Gasteiger partial charge in [-0.3, -0.25) is 13.6 Å². The van der Waals surface area contributed by atoms with Gasteiger partial charge in [0.05, 0.1) is 18.2 Å². The summed E-state index contributed by atoms with van der Waals surface area (Å²) in [5.41, 5.74) is 2.10. The Labute approximate surface area is 189 Å². The lowest BCUT2D eigenvalue weighted by Gasteiger charge is -2.34. The summed E-state index contributed by atoms with van der Waals surface area (Å²) in [6.07, 6.45) is -9.39. The number of aliphatic hydroxyl groups is 1. The van der Waals surface area contributed by atoms with Gasteiger partial charge in [0.25, 0.3) is 6.43 Å². The van der Waals surface area contributed by atoms with Crippen LogP contribution < -0.4 is 15.9 Å². The lowest BCUT2D eigenvalue weighted by atomic mass is 9.97. The second-order valence-electron chi connectivity index (χ2n) is 7.01. The van der Waals surface area contributed by atoms with E-state index in [0.29, 0.717) is 15.9 Å². The van der Waals surface area contributed by atoms with Crippen LogP contribution in [0.3, 0.4) is 0 Å². The third-order valence-electron chi connectivity index (χ3n) is 5.00. The molecule has 1 fully saturated rings. The minimum absolute atomic E-state index is 0.0118. The van der Waals surface area contributed by atoms with Gasteiger partial charge in [-0.05, 0) is 6.07 Å². The van der Waals surface area contributed by atoms with Gasteiger partial charge in [0, 0.05) is 23.6 Å². The van der Waals surface area contributed by atoms with Crippen molar-refractivity contribution in [1.82, 2.24) is 9.55 Å². The summed E-state index contributed by atoms with van der Waals surface area (Å²) in [6, 6.07) is 6.75. The number of anilines is 1. The number of benzene rings is 1. The Hall–Kier alpha value is -1.73. The molecule has 2 aliphatic heterocycles. The highest BCUT2D eigenvalue weighted by molar-refractivity contribution is 8.07. The molecule has 0 bridgehead atoms. The van der Waals surface area contributed by atoms with Crippen molar-refractivity contribution >= 4 is 35.9 Å². The number of hydrogen-bond acceptors (Lipinski definition) is 9.